The van der Waals surface area contributed by atoms with Gasteiger partial charge in [-0.15, -0.1) is 0 Å². The maximum atomic E-state index is 10.2. The summed E-state index contributed by atoms with van der Waals surface area (Å²) in [5, 5.41) is 26.7. The summed E-state index contributed by atoms with van der Waals surface area (Å²) in [6.45, 7) is 1.47. The summed E-state index contributed by atoms with van der Waals surface area (Å²) in [6, 6.07) is -0.736. The molecule has 0 aromatic carbocycles. The Morgan fingerprint density at radius 2 is 2.09 bits per heavy atom. The highest BCUT2D eigenvalue weighted by atomic mass is 16.6. The third-order valence-corrected chi connectivity index (χ3v) is 2.10. The highest BCUT2D eigenvalue weighted by Crippen LogP contribution is 2.40. The summed E-state index contributed by atoms with van der Waals surface area (Å²) < 4.78 is 0. The van der Waals surface area contributed by atoms with E-state index in [0.717, 1.165) is 0 Å². The molecule has 1 aliphatic carbocycles. The van der Waals surface area contributed by atoms with E-state index in [1.807, 2.05) is 0 Å². The fourth-order valence-corrected chi connectivity index (χ4v) is 0.939. The van der Waals surface area contributed by atoms with Gasteiger partial charge >= 0.3 is 6.09 Å². The molecule has 0 aromatic rings. The molecule has 0 aliphatic heterocycles. The number of carbonyl (C=O) groups is 1. The Morgan fingerprint density at radius 3 is 2.36 bits per heavy atom. The number of nitrogens with zero attached hydrogens (tertiary/aromatic N) is 1. The van der Waals surface area contributed by atoms with E-state index >= 15 is 0 Å². The fourth-order valence-electron chi connectivity index (χ4n) is 0.939. The van der Waals surface area contributed by atoms with Gasteiger partial charge in [0.25, 0.3) is 0 Å². The molecule has 0 aromatic heterocycles. The number of carboxylic acid groups (broad SMARTS) is 1. The first-order chi connectivity index (χ1) is 4.97. The van der Waals surface area contributed by atoms with Gasteiger partial charge in [0, 0.05) is 0 Å². The highest BCUT2D eigenvalue weighted by Gasteiger charge is 2.49. The zero-order chi connectivity index (χ0) is 8.65. The lowest BCUT2D eigenvalue weighted by atomic mass is 10.1. The number of aliphatic hydroxyl groups is 1. The van der Waals surface area contributed by atoms with E-state index < -0.39 is 17.7 Å². The largest absolute Gasteiger partial charge is 0.463 e. The van der Waals surface area contributed by atoms with Crippen LogP contribution in [0.1, 0.15) is 19.8 Å². The summed E-state index contributed by atoms with van der Waals surface area (Å²) >= 11 is 0. The fraction of sp³-hybridized carbons (Fsp3) is 0.833. The van der Waals surface area contributed by atoms with Crippen molar-refractivity contribution in [3.05, 3.63) is 0 Å². The summed E-state index contributed by atoms with van der Waals surface area (Å²) in [5.74, 6) is 0. The van der Waals surface area contributed by atoms with Crippen LogP contribution in [0.5, 0.6) is 0 Å². The molecule has 1 fully saturated rings. The Labute approximate surface area is 63.8 Å². The van der Waals surface area contributed by atoms with E-state index in [-0.39, 0.29) is 5.06 Å². The van der Waals surface area contributed by atoms with Gasteiger partial charge in [-0.2, -0.15) is 5.06 Å². The molecule has 1 saturated carbocycles. The lowest BCUT2D eigenvalue weighted by Gasteiger charge is -2.23. The van der Waals surface area contributed by atoms with Crippen LogP contribution in [-0.4, -0.2) is 38.2 Å². The first kappa shape index (κ1) is 8.29. The van der Waals surface area contributed by atoms with Crippen LogP contribution in [0.25, 0.3) is 0 Å². The second-order valence-electron chi connectivity index (χ2n) is 2.91. The van der Waals surface area contributed by atoms with Crippen LogP contribution in [0.2, 0.25) is 0 Å². The van der Waals surface area contributed by atoms with Crippen molar-refractivity contribution in [2.24, 2.45) is 0 Å². The Bertz CT molecular complexity index is 177. The number of hydrogen-bond acceptors (Lipinski definition) is 3. The molecule has 5 heteroatoms. The molecule has 1 rings (SSSR count). The van der Waals surface area contributed by atoms with Crippen molar-refractivity contribution in [1.29, 1.82) is 0 Å². The van der Waals surface area contributed by atoms with Crippen molar-refractivity contribution < 1.29 is 20.2 Å². The summed E-state index contributed by atoms with van der Waals surface area (Å²) in [7, 11) is 0. The normalized spacial score (nSPS) is 22.5. The molecule has 0 bridgehead atoms. The molecule has 1 atom stereocenters. The Kier molecular flexibility index (Phi) is 1.77. The smallest absolute Gasteiger partial charge is 0.431 e. The number of amides is 1. The van der Waals surface area contributed by atoms with Gasteiger partial charge in [0.1, 0.15) is 0 Å². The van der Waals surface area contributed by atoms with Crippen molar-refractivity contribution in [3.8, 4) is 0 Å². The summed E-state index contributed by atoms with van der Waals surface area (Å²) in [4.78, 5) is 10.2. The second-order valence-corrected chi connectivity index (χ2v) is 2.91. The predicted octanol–water partition coefficient (Wildman–Crippen LogP) is 0.269. The second kappa shape index (κ2) is 2.35. The molecule has 5 nitrogen and oxygen atoms in total. The first-order valence-electron chi connectivity index (χ1n) is 3.41. The molecular weight excluding hydrogens is 150 g/mol. The van der Waals surface area contributed by atoms with Crippen molar-refractivity contribution in [3.63, 3.8) is 0 Å². The van der Waals surface area contributed by atoms with Crippen LogP contribution >= 0.6 is 0 Å². The van der Waals surface area contributed by atoms with Gasteiger partial charge in [-0.3, -0.25) is 5.21 Å². The average molecular weight is 161 g/mol. The maximum absolute atomic E-state index is 10.2. The molecule has 64 valence electrons. The molecule has 0 heterocycles. The van der Waals surface area contributed by atoms with Gasteiger partial charge in [-0.05, 0) is 19.8 Å². The Morgan fingerprint density at radius 1 is 1.64 bits per heavy atom. The van der Waals surface area contributed by atoms with E-state index in [4.69, 9.17) is 10.3 Å². The van der Waals surface area contributed by atoms with Gasteiger partial charge in [0.15, 0.2) is 0 Å². The third kappa shape index (κ3) is 1.44. The van der Waals surface area contributed by atoms with Crippen molar-refractivity contribution >= 4 is 6.09 Å². The van der Waals surface area contributed by atoms with Gasteiger partial charge in [0.2, 0.25) is 0 Å². The third-order valence-electron chi connectivity index (χ3n) is 2.10. The molecule has 1 amide bonds. The van der Waals surface area contributed by atoms with Gasteiger partial charge < -0.3 is 10.2 Å². The molecule has 0 saturated heterocycles. The van der Waals surface area contributed by atoms with E-state index in [0.29, 0.717) is 12.8 Å². The maximum Gasteiger partial charge on any atom is 0.431 e. The summed E-state index contributed by atoms with van der Waals surface area (Å²) in [5.41, 5.74) is -0.993. The number of hydrogen-bond donors (Lipinski definition) is 3. The molecule has 11 heavy (non-hydrogen) atoms. The van der Waals surface area contributed by atoms with E-state index in [9.17, 15) is 9.90 Å². The lowest BCUT2D eigenvalue weighted by molar-refractivity contribution is -0.127. The van der Waals surface area contributed by atoms with Crippen molar-refractivity contribution in [2.75, 3.05) is 0 Å². The standard InChI is InChI=1S/C6H11NO4/c1-4(6(10)2-3-6)7(11)5(8)9/h4,10-11H,2-3H2,1H3,(H,8,9). The van der Waals surface area contributed by atoms with Crippen LogP contribution in [0, 0.1) is 0 Å². The number of hydroxylamine groups is 2. The lowest BCUT2D eigenvalue weighted by Crippen LogP contribution is -2.43. The van der Waals surface area contributed by atoms with Crippen LogP contribution in [0.3, 0.4) is 0 Å². The van der Waals surface area contributed by atoms with Crippen LogP contribution in [-0.2, 0) is 0 Å². The Hall–Kier alpha value is -0.810. The number of rotatable bonds is 2. The van der Waals surface area contributed by atoms with Crippen LogP contribution in [0.15, 0.2) is 0 Å². The van der Waals surface area contributed by atoms with Crippen LogP contribution < -0.4 is 0 Å². The topological polar surface area (TPSA) is 81.0 Å². The molecule has 0 spiro atoms. The van der Waals surface area contributed by atoms with Gasteiger partial charge in [-0.1, -0.05) is 0 Å². The molecule has 3 N–H and O–H groups in total. The van der Waals surface area contributed by atoms with E-state index in [1.54, 1.807) is 0 Å². The molecular formula is C6H11NO4. The van der Waals surface area contributed by atoms with E-state index in [1.165, 1.54) is 6.92 Å². The minimum Gasteiger partial charge on any atom is -0.463 e. The van der Waals surface area contributed by atoms with Crippen molar-refractivity contribution in [1.82, 2.24) is 5.06 Å². The zero-order valence-electron chi connectivity index (χ0n) is 6.19. The van der Waals surface area contributed by atoms with Gasteiger partial charge in [-0.25, -0.2) is 4.79 Å². The van der Waals surface area contributed by atoms with Crippen molar-refractivity contribution in [2.45, 2.75) is 31.4 Å². The minimum absolute atomic E-state index is 0.146. The predicted molar refractivity (Wildman–Crippen MR) is 35.3 cm³/mol. The first-order valence-corrected chi connectivity index (χ1v) is 3.41. The minimum atomic E-state index is -1.43. The Balaban J connectivity index is 2.53. The average Bonchev–Trinajstić information content (AvgIpc) is 2.66. The monoisotopic (exact) mass is 161 g/mol. The molecule has 1 unspecified atom stereocenters. The SMILES string of the molecule is CC(N(O)C(=O)O)C1(O)CC1. The molecule has 1 aliphatic rings. The van der Waals surface area contributed by atoms with E-state index in [2.05, 4.69) is 0 Å². The highest BCUT2D eigenvalue weighted by molar-refractivity contribution is 5.64. The quantitative estimate of drug-likeness (QED) is 0.401. The zero-order valence-corrected chi connectivity index (χ0v) is 6.19. The van der Waals surface area contributed by atoms with Crippen LogP contribution in [0.4, 0.5) is 4.79 Å². The van der Waals surface area contributed by atoms with Gasteiger partial charge in [0.05, 0.1) is 11.6 Å². The molecule has 0 radical (unpaired) electrons. The summed E-state index contributed by atoms with van der Waals surface area (Å²) in [6.07, 6.45) is -0.324.